The molecule has 1 saturated heterocycles. The summed E-state index contributed by atoms with van der Waals surface area (Å²) in [5.74, 6) is 0.906. The smallest absolute Gasteiger partial charge is 0.00347 e. The van der Waals surface area contributed by atoms with E-state index in [1.807, 2.05) is 0 Å². The van der Waals surface area contributed by atoms with Crippen LogP contribution in [0.2, 0.25) is 0 Å². The Hall–Kier alpha value is -0.0400. The Bertz CT molecular complexity index is 133. The lowest BCUT2D eigenvalue weighted by Crippen LogP contribution is -2.44. The average Bonchev–Trinajstić information content (AvgIpc) is 1.98. The first kappa shape index (κ1) is 9.05. The third-order valence-electron chi connectivity index (χ3n) is 3.57. The number of hydrogen-bond acceptors (Lipinski definition) is 1. The monoisotopic (exact) mass is 155 g/mol. The number of hydrogen-bond donors (Lipinski definition) is 0. The van der Waals surface area contributed by atoms with Crippen LogP contribution in [-0.2, 0) is 0 Å². The molecule has 0 saturated carbocycles. The lowest BCUT2D eigenvalue weighted by molar-refractivity contribution is 0.0626. The van der Waals surface area contributed by atoms with E-state index < -0.39 is 0 Å². The summed E-state index contributed by atoms with van der Waals surface area (Å²) in [5, 5.41) is 0. The Morgan fingerprint density at radius 2 is 2.18 bits per heavy atom. The van der Waals surface area contributed by atoms with Crippen LogP contribution >= 0.6 is 0 Å². The van der Waals surface area contributed by atoms with Crippen molar-refractivity contribution in [3.05, 3.63) is 0 Å². The minimum atomic E-state index is 0.576. The molecule has 2 atom stereocenters. The van der Waals surface area contributed by atoms with Crippen molar-refractivity contribution in [2.24, 2.45) is 11.3 Å². The van der Waals surface area contributed by atoms with Crippen LogP contribution in [0.3, 0.4) is 0 Å². The molecule has 0 spiro atoms. The molecular formula is C10H21N. The van der Waals surface area contributed by atoms with Crippen molar-refractivity contribution in [1.82, 2.24) is 4.90 Å². The number of rotatable bonds is 1. The second-order valence-corrected chi connectivity index (χ2v) is 4.44. The molecule has 0 aromatic heterocycles. The van der Waals surface area contributed by atoms with Gasteiger partial charge in [0.2, 0.25) is 0 Å². The highest BCUT2D eigenvalue weighted by molar-refractivity contribution is 4.85. The molecule has 1 heterocycles. The molecule has 0 bridgehead atoms. The highest BCUT2D eigenvalue weighted by atomic mass is 15.1. The Morgan fingerprint density at radius 3 is 2.64 bits per heavy atom. The zero-order chi connectivity index (χ0) is 8.48. The normalized spacial score (nSPS) is 40.9. The van der Waals surface area contributed by atoms with Crippen LogP contribution in [0, 0.1) is 11.3 Å². The molecule has 0 aromatic rings. The van der Waals surface area contributed by atoms with E-state index in [4.69, 9.17) is 0 Å². The fraction of sp³-hybridized carbons (Fsp3) is 1.00. The van der Waals surface area contributed by atoms with Gasteiger partial charge in [-0.15, -0.1) is 0 Å². The maximum atomic E-state index is 2.46. The fourth-order valence-electron chi connectivity index (χ4n) is 2.07. The van der Waals surface area contributed by atoms with Gasteiger partial charge in [-0.05, 0) is 37.8 Å². The van der Waals surface area contributed by atoms with Gasteiger partial charge in [-0.25, -0.2) is 0 Å². The van der Waals surface area contributed by atoms with Crippen LogP contribution in [-0.4, -0.2) is 25.0 Å². The first-order valence-electron chi connectivity index (χ1n) is 4.77. The minimum absolute atomic E-state index is 0.576. The van der Waals surface area contributed by atoms with Crippen molar-refractivity contribution in [2.75, 3.05) is 20.1 Å². The quantitative estimate of drug-likeness (QED) is 0.562. The van der Waals surface area contributed by atoms with Crippen LogP contribution in [0.5, 0.6) is 0 Å². The van der Waals surface area contributed by atoms with Gasteiger partial charge in [0, 0.05) is 6.54 Å². The van der Waals surface area contributed by atoms with Gasteiger partial charge in [0.25, 0.3) is 0 Å². The number of nitrogens with zero attached hydrogens (tertiary/aromatic N) is 1. The predicted molar refractivity (Wildman–Crippen MR) is 49.7 cm³/mol. The van der Waals surface area contributed by atoms with E-state index in [9.17, 15) is 0 Å². The van der Waals surface area contributed by atoms with E-state index in [1.54, 1.807) is 0 Å². The van der Waals surface area contributed by atoms with Crippen molar-refractivity contribution in [3.8, 4) is 0 Å². The topological polar surface area (TPSA) is 3.24 Å². The summed E-state index contributed by atoms with van der Waals surface area (Å²) in [6, 6.07) is 0. The van der Waals surface area contributed by atoms with E-state index in [0.717, 1.165) is 5.92 Å². The maximum absolute atomic E-state index is 2.46. The summed E-state index contributed by atoms with van der Waals surface area (Å²) < 4.78 is 0. The zero-order valence-electron chi connectivity index (χ0n) is 8.35. The average molecular weight is 155 g/mol. The summed E-state index contributed by atoms with van der Waals surface area (Å²) in [6.07, 6.45) is 2.69. The van der Waals surface area contributed by atoms with Gasteiger partial charge in [-0.2, -0.15) is 0 Å². The maximum Gasteiger partial charge on any atom is 0.00347 e. The number of piperidine rings is 1. The van der Waals surface area contributed by atoms with E-state index in [2.05, 4.69) is 32.7 Å². The lowest BCUT2D eigenvalue weighted by Gasteiger charge is -2.43. The molecule has 0 aromatic carbocycles. The second kappa shape index (κ2) is 3.14. The van der Waals surface area contributed by atoms with Crippen molar-refractivity contribution in [2.45, 2.75) is 33.6 Å². The van der Waals surface area contributed by atoms with Crippen molar-refractivity contribution < 1.29 is 0 Å². The van der Waals surface area contributed by atoms with Crippen LogP contribution in [0.1, 0.15) is 33.6 Å². The van der Waals surface area contributed by atoms with Crippen molar-refractivity contribution in [1.29, 1.82) is 0 Å². The Morgan fingerprint density at radius 1 is 1.55 bits per heavy atom. The van der Waals surface area contributed by atoms with Crippen LogP contribution in [0.15, 0.2) is 0 Å². The third-order valence-corrected chi connectivity index (χ3v) is 3.57. The number of likely N-dealkylation sites (tertiary alicyclic amines) is 1. The molecule has 0 N–H and O–H groups in total. The molecule has 11 heavy (non-hydrogen) atoms. The first-order chi connectivity index (χ1) is 5.08. The molecule has 1 heteroatoms. The largest absolute Gasteiger partial charge is 0.306 e. The van der Waals surface area contributed by atoms with Crippen LogP contribution in [0.4, 0.5) is 0 Å². The second-order valence-electron chi connectivity index (χ2n) is 4.44. The molecule has 66 valence electrons. The van der Waals surface area contributed by atoms with Gasteiger partial charge in [-0.1, -0.05) is 20.8 Å². The van der Waals surface area contributed by atoms with Gasteiger partial charge in [0.05, 0.1) is 0 Å². The SMILES string of the molecule is CCC1(C)CN(C)CCC1C. The summed E-state index contributed by atoms with van der Waals surface area (Å²) >= 11 is 0. The van der Waals surface area contributed by atoms with Gasteiger partial charge < -0.3 is 4.90 Å². The Kier molecular flexibility index (Phi) is 2.58. The zero-order valence-corrected chi connectivity index (χ0v) is 8.35. The Labute approximate surface area is 70.8 Å². The molecule has 1 nitrogen and oxygen atoms in total. The summed E-state index contributed by atoms with van der Waals surface area (Å²) in [7, 11) is 2.24. The van der Waals surface area contributed by atoms with E-state index in [0.29, 0.717) is 5.41 Å². The predicted octanol–water partition coefficient (Wildman–Crippen LogP) is 2.37. The molecule has 0 amide bonds. The van der Waals surface area contributed by atoms with E-state index >= 15 is 0 Å². The molecule has 0 radical (unpaired) electrons. The van der Waals surface area contributed by atoms with Gasteiger partial charge in [-0.3, -0.25) is 0 Å². The van der Waals surface area contributed by atoms with Gasteiger partial charge >= 0.3 is 0 Å². The van der Waals surface area contributed by atoms with E-state index in [-0.39, 0.29) is 0 Å². The lowest BCUT2D eigenvalue weighted by atomic mass is 9.72. The molecule has 1 aliphatic rings. The molecule has 1 fully saturated rings. The highest BCUT2D eigenvalue weighted by Crippen LogP contribution is 2.37. The van der Waals surface area contributed by atoms with Gasteiger partial charge in [0.15, 0.2) is 0 Å². The molecule has 0 aliphatic carbocycles. The molecule has 2 unspecified atom stereocenters. The van der Waals surface area contributed by atoms with E-state index in [1.165, 1.54) is 25.9 Å². The van der Waals surface area contributed by atoms with Crippen molar-refractivity contribution >= 4 is 0 Å². The van der Waals surface area contributed by atoms with Gasteiger partial charge in [0.1, 0.15) is 0 Å². The third kappa shape index (κ3) is 1.76. The summed E-state index contributed by atoms with van der Waals surface area (Å²) in [5.41, 5.74) is 0.576. The highest BCUT2D eigenvalue weighted by Gasteiger charge is 2.33. The first-order valence-corrected chi connectivity index (χ1v) is 4.77. The molecular weight excluding hydrogens is 134 g/mol. The van der Waals surface area contributed by atoms with Crippen LogP contribution in [0.25, 0.3) is 0 Å². The summed E-state index contributed by atoms with van der Waals surface area (Å²) in [6.45, 7) is 9.71. The van der Waals surface area contributed by atoms with Crippen LogP contribution < -0.4 is 0 Å². The molecule has 1 aliphatic heterocycles. The minimum Gasteiger partial charge on any atom is -0.306 e. The fourth-order valence-corrected chi connectivity index (χ4v) is 2.07. The Balaban J connectivity index is 2.60. The molecule has 1 rings (SSSR count). The summed E-state index contributed by atoms with van der Waals surface area (Å²) in [4.78, 5) is 2.46. The standard InChI is InChI=1S/C10H21N/c1-5-10(3)8-11(4)7-6-9(10)2/h9H,5-8H2,1-4H3. The van der Waals surface area contributed by atoms with Crippen molar-refractivity contribution in [3.63, 3.8) is 0 Å².